The molecule has 21 heavy (non-hydrogen) atoms. The molecule has 0 aliphatic heterocycles. The molecule has 0 atom stereocenters. The number of anilines is 2. The van der Waals surface area contributed by atoms with E-state index in [9.17, 15) is 9.18 Å². The fourth-order valence-corrected chi connectivity index (χ4v) is 2.13. The Balaban J connectivity index is 1.81. The van der Waals surface area contributed by atoms with Gasteiger partial charge in [0.2, 0.25) is 0 Å². The van der Waals surface area contributed by atoms with Crippen molar-refractivity contribution in [3.8, 4) is 0 Å². The number of aromatic nitrogens is 2. The van der Waals surface area contributed by atoms with Crippen LogP contribution in [0.15, 0.2) is 24.4 Å². The first-order chi connectivity index (χ1) is 10.0. The van der Waals surface area contributed by atoms with Crippen molar-refractivity contribution >= 4 is 17.4 Å². The third kappa shape index (κ3) is 2.99. The lowest BCUT2D eigenvalue weighted by Gasteiger charge is -2.08. The standard InChI is InChI=1S/C15H15FN4O/c1-8-4-10(16)6-11(5-8)19-15(21)12-7-18-14(9-2-3-9)20-13(12)17/h4-7,9H,2-3H2,1H3,(H,19,21)(H2,17,18,20). The number of hydrogen-bond acceptors (Lipinski definition) is 4. The molecule has 1 aliphatic carbocycles. The second-order valence-corrected chi connectivity index (χ2v) is 5.27. The molecule has 6 heteroatoms. The predicted molar refractivity (Wildman–Crippen MR) is 77.5 cm³/mol. The monoisotopic (exact) mass is 286 g/mol. The van der Waals surface area contributed by atoms with Crippen LogP contribution in [0.4, 0.5) is 15.9 Å². The maximum absolute atomic E-state index is 13.3. The van der Waals surface area contributed by atoms with Gasteiger partial charge in [0, 0.05) is 17.8 Å². The number of carbonyl (C=O) groups is 1. The van der Waals surface area contributed by atoms with Gasteiger partial charge in [-0.1, -0.05) is 0 Å². The molecule has 1 heterocycles. The topological polar surface area (TPSA) is 80.9 Å². The summed E-state index contributed by atoms with van der Waals surface area (Å²) in [6.07, 6.45) is 3.55. The minimum atomic E-state index is -0.445. The average Bonchev–Trinajstić information content (AvgIpc) is 3.21. The van der Waals surface area contributed by atoms with E-state index in [4.69, 9.17) is 5.73 Å². The molecule has 1 aliphatic rings. The molecule has 5 nitrogen and oxygen atoms in total. The van der Waals surface area contributed by atoms with Crippen molar-refractivity contribution < 1.29 is 9.18 Å². The van der Waals surface area contributed by atoms with Crippen LogP contribution < -0.4 is 11.1 Å². The van der Waals surface area contributed by atoms with Crippen LogP contribution in [0.2, 0.25) is 0 Å². The van der Waals surface area contributed by atoms with Crippen molar-refractivity contribution in [2.24, 2.45) is 0 Å². The number of nitrogens with two attached hydrogens (primary N) is 1. The molecule has 3 N–H and O–H groups in total. The zero-order chi connectivity index (χ0) is 15.0. The smallest absolute Gasteiger partial charge is 0.260 e. The molecule has 2 aromatic rings. The summed E-state index contributed by atoms with van der Waals surface area (Å²) in [5.74, 6) is 0.358. The van der Waals surface area contributed by atoms with Crippen molar-refractivity contribution in [2.45, 2.75) is 25.7 Å². The SMILES string of the molecule is Cc1cc(F)cc(NC(=O)c2cnc(C3CC3)nc2N)c1. The van der Waals surface area contributed by atoms with E-state index in [1.807, 2.05) is 0 Å². The zero-order valence-electron chi connectivity index (χ0n) is 11.6. The molecule has 0 spiro atoms. The number of aryl methyl sites for hydroxylation is 1. The Bertz CT molecular complexity index is 693. The maximum Gasteiger partial charge on any atom is 0.260 e. The summed E-state index contributed by atoms with van der Waals surface area (Å²) in [4.78, 5) is 20.5. The third-order valence-electron chi connectivity index (χ3n) is 3.32. The van der Waals surface area contributed by atoms with Gasteiger partial charge in [0.05, 0.1) is 0 Å². The minimum absolute atomic E-state index is 0.150. The number of carbonyl (C=O) groups excluding carboxylic acids is 1. The molecular formula is C15H15FN4O. The molecular weight excluding hydrogens is 271 g/mol. The second-order valence-electron chi connectivity index (χ2n) is 5.27. The Hall–Kier alpha value is -2.50. The first-order valence-electron chi connectivity index (χ1n) is 6.74. The van der Waals surface area contributed by atoms with Crippen LogP contribution in [0, 0.1) is 12.7 Å². The van der Waals surface area contributed by atoms with Crippen molar-refractivity contribution in [2.75, 3.05) is 11.1 Å². The highest BCUT2D eigenvalue weighted by Gasteiger charge is 2.27. The van der Waals surface area contributed by atoms with E-state index in [2.05, 4.69) is 15.3 Å². The average molecular weight is 286 g/mol. The van der Waals surface area contributed by atoms with E-state index < -0.39 is 11.7 Å². The number of benzene rings is 1. The quantitative estimate of drug-likeness (QED) is 0.908. The zero-order valence-corrected chi connectivity index (χ0v) is 11.6. The van der Waals surface area contributed by atoms with Crippen LogP contribution >= 0.6 is 0 Å². The Morgan fingerprint density at radius 2 is 2.14 bits per heavy atom. The molecule has 1 saturated carbocycles. The maximum atomic E-state index is 13.3. The van der Waals surface area contributed by atoms with Gasteiger partial charge < -0.3 is 11.1 Å². The van der Waals surface area contributed by atoms with Crippen LogP contribution in [0.25, 0.3) is 0 Å². The van der Waals surface area contributed by atoms with Crippen molar-refractivity contribution in [1.29, 1.82) is 0 Å². The van der Waals surface area contributed by atoms with Gasteiger partial charge in [-0.15, -0.1) is 0 Å². The van der Waals surface area contributed by atoms with Gasteiger partial charge >= 0.3 is 0 Å². The van der Waals surface area contributed by atoms with E-state index >= 15 is 0 Å². The van der Waals surface area contributed by atoms with Gasteiger partial charge in [0.25, 0.3) is 5.91 Å². The number of halogens is 1. The van der Waals surface area contributed by atoms with Crippen molar-refractivity contribution in [1.82, 2.24) is 9.97 Å². The van der Waals surface area contributed by atoms with Crippen LogP contribution in [-0.4, -0.2) is 15.9 Å². The van der Waals surface area contributed by atoms with E-state index in [-0.39, 0.29) is 11.4 Å². The molecule has 1 aromatic heterocycles. The number of nitrogen functional groups attached to an aromatic ring is 1. The summed E-state index contributed by atoms with van der Waals surface area (Å²) in [5.41, 5.74) is 7.11. The van der Waals surface area contributed by atoms with Gasteiger partial charge in [0.15, 0.2) is 0 Å². The van der Waals surface area contributed by atoms with E-state index in [0.717, 1.165) is 18.4 Å². The minimum Gasteiger partial charge on any atom is -0.383 e. The van der Waals surface area contributed by atoms with Crippen LogP contribution in [0.1, 0.15) is 40.5 Å². The second kappa shape index (κ2) is 5.12. The number of amides is 1. The lowest BCUT2D eigenvalue weighted by Crippen LogP contribution is -2.16. The fraction of sp³-hybridized carbons (Fsp3) is 0.267. The molecule has 0 saturated heterocycles. The predicted octanol–water partition coefficient (Wildman–Crippen LogP) is 2.64. The van der Waals surface area contributed by atoms with Crippen molar-refractivity contribution in [3.05, 3.63) is 47.2 Å². The van der Waals surface area contributed by atoms with Crippen LogP contribution in [0.5, 0.6) is 0 Å². The molecule has 0 radical (unpaired) electrons. The molecule has 0 bridgehead atoms. The Morgan fingerprint density at radius 1 is 1.38 bits per heavy atom. The molecule has 3 rings (SSSR count). The fourth-order valence-electron chi connectivity index (χ4n) is 2.13. The highest BCUT2D eigenvalue weighted by molar-refractivity contribution is 6.06. The van der Waals surface area contributed by atoms with E-state index in [1.165, 1.54) is 18.3 Å². The third-order valence-corrected chi connectivity index (χ3v) is 3.32. The Morgan fingerprint density at radius 3 is 2.76 bits per heavy atom. The highest BCUT2D eigenvalue weighted by Crippen LogP contribution is 2.38. The number of hydrogen-bond donors (Lipinski definition) is 2. The summed E-state index contributed by atoms with van der Waals surface area (Å²) in [5, 5.41) is 2.61. The molecule has 1 fully saturated rings. The molecule has 108 valence electrons. The lowest BCUT2D eigenvalue weighted by molar-refractivity contribution is 0.102. The normalized spacial score (nSPS) is 14.0. The first-order valence-corrected chi connectivity index (χ1v) is 6.74. The Labute approximate surface area is 121 Å². The van der Waals surface area contributed by atoms with E-state index in [0.29, 0.717) is 17.4 Å². The van der Waals surface area contributed by atoms with Gasteiger partial charge in [0.1, 0.15) is 23.0 Å². The van der Waals surface area contributed by atoms with Gasteiger partial charge in [-0.25, -0.2) is 14.4 Å². The van der Waals surface area contributed by atoms with Gasteiger partial charge in [-0.05, 0) is 43.5 Å². The van der Waals surface area contributed by atoms with Crippen molar-refractivity contribution in [3.63, 3.8) is 0 Å². The summed E-state index contributed by atoms with van der Waals surface area (Å²) >= 11 is 0. The summed E-state index contributed by atoms with van der Waals surface area (Å²) in [7, 11) is 0. The molecule has 0 unspecified atom stereocenters. The largest absolute Gasteiger partial charge is 0.383 e. The van der Waals surface area contributed by atoms with Gasteiger partial charge in [-0.2, -0.15) is 0 Å². The van der Waals surface area contributed by atoms with E-state index in [1.54, 1.807) is 13.0 Å². The van der Waals surface area contributed by atoms with Crippen LogP contribution in [0.3, 0.4) is 0 Å². The lowest BCUT2D eigenvalue weighted by atomic mass is 10.2. The first kappa shape index (κ1) is 13.5. The number of rotatable bonds is 3. The molecule has 1 aromatic carbocycles. The van der Waals surface area contributed by atoms with Gasteiger partial charge in [-0.3, -0.25) is 4.79 Å². The highest BCUT2D eigenvalue weighted by atomic mass is 19.1. The Kier molecular flexibility index (Phi) is 3.29. The summed E-state index contributed by atoms with van der Waals surface area (Å²) in [6.45, 7) is 1.75. The molecule has 1 amide bonds. The number of nitrogens with one attached hydrogen (secondary N) is 1. The number of nitrogens with zero attached hydrogens (tertiary/aromatic N) is 2. The van der Waals surface area contributed by atoms with Crippen LogP contribution in [-0.2, 0) is 0 Å². The summed E-state index contributed by atoms with van der Waals surface area (Å²) < 4.78 is 13.3. The summed E-state index contributed by atoms with van der Waals surface area (Å²) in [6, 6.07) is 4.31.